The van der Waals surface area contributed by atoms with Gasteiger partial charge in [0.25, 0.3) is 5.91 Å². The van der Waals surface area contributed by atoms with Crippen LogP contribution in [0.15, 0.2) is 36.4 Å². The second kappa shape index (κ2) is 9.71. The predicted octanol–water partition coefficient (Wildman–Crippen LogP) is 3.99. The molecule has 0 aromatic heterocycles. The smallest absolute Gasteiger partial charge is 0.251 e. The molecule has 0 fully saturated rings. The van der Waals surface area contributed by atoms with E-state index in [0.717, 1.165) is 12.0 Å². The summed E-state index contributed by atoms with van der Waals surface area (Å²) in [6, 6.07) is 10.5. The number of hydrogen-bond donors (Lipinski definition) is 1. The van der Waals surface area contributed by atoms with Gasteiger partial charge in [-0.15, -0.1) is 0 Å². The topological polar surface area (TPSA) is 66.0 Å². The lowest BCUT2D eigenvalue weighted by atomic mass is 10.1. The zero-order valence-electron chi connectivity index (χ0n) is 16.5. The second-order valence-corrected chi connectivity index (χ2v) is 6.03. The molecule has 0 saturated heterocycles. The first-order chi connectivity index (χ1) is 13.0. The minimum absolute atomic E-state index is 0.182. The first kappa shape index (κ1) is 20.4. The minimum Gasteiger partial charge on any atom is -0.494 e. The summed E-state index contributed by atoms with van der Waals surface area (Å²) in [6.07, 6.45) is 0.911. The van der Waals surface area contributed by atoms with Gasteiger partial charge in [-0.3, -0.25) is 4.79 Å². The summed E-state index contributed by atoms with van der Waals surface area (Å²) in [6.45, 7) is 4.55. The van der Waals surface area contributed by atoms with Crippen molar-refractivity contribution >= 4 is 5.91 Å². The Hall–Kier alpha value is -2.89. The molecule has 6 heteroatoms. The van der Waals surface area contributed by atoms with E-state index in [4.69, 9.17) is 18.9 Å². The third-order valence-electron chi connectivity index (χ3n) is 4.10. The van der Waals surface area contributed by atoms with Crippen LogP contribution in [0.2, 0.25) is 0 Å². The quantitative estimate of drug-likeness (QED) is 0.720. The average Bonchev–Trinajstić information content (AvgIpc) is 2.70. The maximum Gasteiger partial charge on any atom is 0.251 e. The fourth-order valence-electron chi connectivity index (χ4n) is 2.66. The molecule has 0 heterocycles. The highest BCUT2D eigenvalue weighted by Crippen LogP contribution is 2.39. The Morgan fingerprint density at radius 2 is 1.70 bits per heavy atom. The van der Waals surface area contributed by atoms with E-state index in [0.29, 0.717) is 35.2 Å². The molecule has 0 bridgehead atoms. The normalized spacial score (nSPS) is 11.4. The molecule has 0 aliphatic heterocycles. The molecule has 146 valence electrons. The van der Waals surface area contributed by atoms with Crippen LogP contribution in [0, 0.1) is 0 Å². The van der Waals surface area contributed by atoms with E-state index < -0.39 is 0 Å². The van der Waals surface area contributed by atoms with E-state index in [-0.39, 0.29) is 11.9 Å². The van der Waals surface area contributed by atoms with Gasteiger partial charge in [0, 0.05) is 5.56 Å². The molecule has 6 nitrogen and oxygen atoms in total. The van der Waals surface area contributed by atoms with Crippen LogP contribution in [0.5, 0.6) is 23.0 Å². The number of carbonyl (C=O) groups excluding carboxylic acids is 1. The molecule has 0 radical (unpaired) electrons. The van der Waals surface area contributed by atoms with Crippen molar-refractivity contribution < 1.29 is 23.7 Å². The Balaban J connectivity index is 2.19. The lowest BCUT2D eigenvalue weighted by Gasteiger charge is -2.19. The standard InChI is InChI=1S/C21H27NO5/c1-6-10-27-17-9-7-8-15(11-17)21(23)22-14(2)16-12-18(24-3)20(26-5)19(13-16)25-4/h7-9,11-14H,6,10H2,1-5H3,(H,22,23). The summed E-state index contributed by atoms with van der Waals surface area (Å²) in [5, 5.41) is 2.99. The molecule has 2 aromatic rings. The molecule has 27 heavy (non-hydrogen) atoms. The lowest BCUT2D eigenvalue weighted by molar-refractivity contribution is 0.0939. The van der Waals surface area contributed by atoms with Crippen LogP contribution in [-0.4, -0.2) is 33.8 Å². The number of nitrogens with one attached hydrogen (secondary N) is 1. The monoisotopic (exact) mass is 373 g/mol. The van der Waals surface area contributed by atoms with E-state index in [1.54, 1.807) is 33.5 Å². The number of ether oxygens (including phenoxy) is 4. The van der Waals surface area contributed by atoms with Crippen LogP contribution < -0.4 is 24.3 Å². The zero-order chi connectivity index (χ0) is 19.8. The molecular formula is C21H27NO5. The Morgan fingerprint density at radius 1 is 1.04 bits per heavy atom. The van der Waals surface area contributed by atoms with Gasteiger partial charge in [-0.2, -0.15) is 0 Å². The van der Waals surface area contributed by atoms with Crippen LogP contribution >= 0.6 is 0 Å². The SMILES string of the molecule is CCCOc1cccc(C(=O)NC(C)c2cc(OC)c(OC)c(OC)c2)c1. The largest absolute Gasteiger partial charge is 0.494 e. The van der Waals surface area contributed by atoms with Crippen LogP contribution in [0.4, 0.5) is 0 Å². The third-order valence-corrected chi connectivity index (χ3v) is 4.10. The van der Waals surface area contributed by atoms with Crippen LogP contribution in [0.1, 0.15) is 42.2 Å². The highest BCUT2D eigenvalue weighted by Gasteiger charge is 2.18. The van der Waals surface area contributed by atoms with Crippen molar-refractivity contribution in [3.63, 3.8) is 0 Å². The first-order valence-corrected chi connectivity index (χ1v) is 8.87. The number of benzene rings is 2. The van der Waals surface area contributed by atoms with E-state index in [9.17, 15) is 4.79 Å². The highest BCUT2D eigenvalue weighted by atomic mass is 16.5. The Labute approximate surface area is 160 Å². The van der Waals surface area contributed by atoms with E-state index in [2.05, 4.69) is 5.32 Å². The van der Waals surface area contributed by atoms with Crippen molar-refractivity contribution in [3.8, 4) is 23.0 Å². The number of methoxy groups -OCH3 is 3. The van der Waals surface area contributed by atoms with Crippen molar-refractivity contribution in [1.29, 1.82) is 0 Å². The molecule has 0 aliphatic rings. The van der Waals surface area contributed by atoms with Gasteiger partial charge < -0.3 is 24.3 Å². The lowest BCUT2D eigenvalue weighted by Crippen LogP contribution is -2.26. The maximum absolute atomic E-state index is 12.6. The van der Waals surface area contributed by atoms with Gasteiger partial charge >= 0.3 is 0 Å². The fraction of sp³-hybridized carbons (Fsp3) is 0.381. The van der Waals surface area contributed by atoms with Crippen LogP contribution in [0.3, 0.4) is 0 Å². The molecule has 0 aliphatic carbocycles. The molecule has 1 unspecified atom stereocenters. The Morgan fingerprint density at radius 3 is 2.26 bits per heavy atom. The summed E-state index contributed by atoms with van der Waals surface area (Å²) < 4.78 is 21.7. The average molecular weight is 373 g/mol. The van der Waals surface area contributed by atoms with Crippen LogP contribution in [-0.2, 0) is 0 Å². The van der Waals surface area contributed by atoms with Crippen molar-refractivity contribution in [3.05, 3.63) is 47.5 Å². The molecule has 1 atom stereocenters. The summed E-state index contributed by atoms with van der Waals surface area (Å²) in [4.78, 5) is 12.6. The highest BCUT2D eigenvalue weighted by molar-refractivity contribution is 5.94. The van der Waals surface area contributed by atoms with Crippen molar-refractivity contribution in [2.24, 2.45) is 0 Å². The molecule has 2 rings (SSSR count). The Kier molecular flexibility index (Phi) is 7.34. The second-order valence-electron chi connectivity index (χ2n) is 6.03. The summed E-state index contributed by atoms with van der Waals surface area (Å²) >= 11 is 0. The van der Waals surface area contributed by atoms with Gasteiger partial charge in [0.1, 0.15) is 5.75 Å². The maximum atomic E-state index is 12.6. The number of carbonyl (C=O) groups is 1. The molecule has 0 saturated carbocycles. The van der Waals surface area contributed by atoms with E-state index >= 15 is 0 Å². The van der Waals surface area contributed by atoms with Crippen molar-refractivity contribution in [1.82, 2.24) is 5.32 Å². The predicted molar refractivity (Wildman–Crippen MR) is 104 cm³/mol. The molecule has 1 N–H and O–H groups in total. The van der Waals surface area contributed by atoms with Gasteiger partial charge in [-0.25, -0.2) is 0 Å². The summed E-state index contributed by atoms with van der Waals surface area (Å²) in [5.74, 6) is 2.11. The van der Waals surface area contributed by atoms with Gasteiger partial charge in [-0.1, -0.05) is 13.0 Å². The molecule has 0 spiro atoms. The third kappa shape index (κ3) is 5.06. The van der Waals surface area contributed by atoms with Gasteiger partial charge in [0.05, 0.1) is 34.0 Å². The van der Waals surface area contributed by atoms with Gasteiger partial charge in [-0.05, 0) is 49.2 Å². The first-order valence-electron chi connectivity index (χ1n) is 8.87. The molecular weight excluding hydrogens is 346 g/mol. The van der Waals surface area contributed by atoms with E-state index in [1.807, 2.05) is 38.1 Å². The molecule has 2 aromatic carbocycles. The van der Waals surface area contributed by atoms with Crippen molar-refractivity contribution in [2.45, 2.75) is 26.3 Å². The minimum atomic E-state index is -0.258. The van der Waals surface area contributed by atoms with Gasteiger partial charge in [0.2, 0.25) is 5.75 Å². The summed E-state index contributed by atoms with van der Waals surface area (Å²) in [7, 11) is 4.68. The van der Waals surface area contributed by atoms with E-state index in [1.165, 1.54) is 0 Å². The van der Waals surface area contributed by atoms with Crippen LogP contribution in [0.25, 0.3) is 0 Å². The number of rotatable bonds is 9. The van der Waals surface area contributed by atoms with Gasteiger partial charge in [0.15, 0.2) is 11.5 Å². The number of amides is 1. The fourth-order valence-corrected chi connectivity index (χ4v) is 2.66. The Bertz CT molecular complexity index is 750. The zero-order valence-corrected chi connectivity index (χ0v) is 16.5. The number of hydrogen-bond acceptors (Lipinski definition) is 5. The van der Waals surface area contributed by atoms with Crippen molar-refractivity contribution in [2.75, 3.05) is 27.9 Å². The molecule has 1 amide bonds. The summed E-state index contributed by atoms with van der Waals surface area (Å²) in [5.41, 5.74) is 1.39.